The summed E-state index contributed by atoms with van der Waals surface area (Å²) in [5.74, 6) is 0. The van der Waals surface area contributed by atoms with Gasteiger partial charge in [-0.3, -0.25) is 0 Å². The molecule has 0 atom stereocenters. The summed E-state index contributed by atoms with van der Waals surface area (Å²) in [5, 5.41) is 4.34. The minimum Gasteiger partial charge on any atom is -0.363 e. The summed E-state index contributed by atoms with van der Waals surface area (Å²) in [6.45, 7) is 3.20. The first-order valence-corrected chi connectivity index (χ1v) is 5.80. The molecule has 13 heavy (non-hydrogen) atoms. The van der Waals surface area contributed by atoms with Gasteiger partial charge in [-0.2, -0.15) is 0 Å². The average Bonchev–Trinajstić information content (AvgIpc) is 2.73. The van der Waals surface area contributed by atoms with Crippen LogP contribution in [0.4, 0.5) is 0 Å². The maximum Gasteiger partial charge on any atom is 0.169 e. The molecule has 0 saturated carbocycles. The maximum absolute atomic E-state index is 5.39. The van der Waals surface area contributed by atoms with Crippen molar-refractivity contribution in [3.63, 3.8) is 0 Å². The van der Waals surface area contributed by atoms with Crippen molar-refractivity contribution in [3.8, 4) is 0 Å². The molecule has 0 radical (unpaired) electrons. The average molecular weight is 198 g/mol. The Morgan fingerprint density at radius 2 is 1.85 bits per heavy atom. The van der Waals surface area contributed by atoms with Gasteiger partial charge in [-0.25, -0.2) is 0 Å². The summed E-state index contributed by atoms with van der Waals surface area (Å²) in [5.41, 5.74) is 0. The Balaban J connectivity index is 1.90. The molecule has 2 nitrogen and oxygen atoms in total. The molecule has 74 valence electrons. The van der Waals surface area contributed by atoms with Crippen LogP contribution >= 0.6 is 12.2 Å². The van der Waals surface area contributed by atoms with Crippen molar-refractivity contribution in [1.29, 1.82) is 0 Å². The Labute approximate surface area is 85.7 Å². The second-order valence-electron chi connectivity index (χ2n) is 4.10. The van der Waals surface area contributed by atoms with E-state index in [9.17, 15) is 0 Å². The van der Waals surface area contributed by atoms with E-state index in [1.165, 1.54) is 25.7 Å². The van der Waals surface area contributed by atoms with Gasteiger partial charge < -0.3 is 10.2 Å². The standard InChI is InChI=1S/C10H18N2S/c1-2-7-11-10(13)12-8-3-4-9(12)6-5-8/h8-9H,2-7H2,1H3,(H,11,13). The van der Waals surface area contributed by atoms with E-state index in [4.69, 9.17) is 12.2 Å². The lowest BCUT2D eigenvalue weighted by Gasteiger charge is -2.25. The molecule has 0 aromatic carbocycles. The summed E-state index contributed by atoms with van der Waals surface area (Å²) in [4.78, 5) is 2.45. The zero-order valence-corrected chi connectivity index (χ0v) is 9.07. The molecule has 0 amide bonds. The number of hydrogen-bond acceptors (Lipinski definition) is 1. The van der Waals surface area contributed by atoms with Crippen LogP contribution in [0.3, 0.4) is 0 Å². The highest BCUT2D eigenvalue weighted by atomic mass is 32.1. The van der Waals surface area contributed by atoms with Crippen LogP contribution in [0.5, 0.6) is 0 Å². The van der Waals surface area contributed by atoms with Gasteiger partial charge in [0.05, 0.1) is 0 Å². The molecule has 3 heteroatoms. The minimum absolute atomic E-state index is 0.766. The molecule has 0 aliphatic carbocycles. The van der Waals surface area contributed by atoms with Crippen LogP contribution in [0.25, 0.3) is 0 Å². The van der Waals surface area contributed by atoms with Crippen LogP contribution in [0, 0.1) is 0 Å². The van der Waals surface area contributed by atoms with Gasteiger partial charge >= 0.3 is 0 Å². The van der Waals surface area contributed by atoms with Crippen LogP contribution in [0.1, 0.15) is 39.0 Å². The maximum atomic E-state index is 5.39. The molecule has 2 aliphatic heterocycles. The van der Waals surface area contributed by atoms with Gasteiger partial charge in [-0.15, -0.1) is 0 Å². The summed E-state index contributed by atoms with van der Waals surface area (Å²) >= 11 is 5.39. The highest BCUT2D eigenvalue weighted by Gasteiger charge is 2.40. The Bertz CT molecular complexity index is 185. The predicted octanol–water partition coefficient (Wildman–Crippen LogP) is 1.90. The predicted molar refractivity (Wildman–Crippen MR) is 58.8 cm³/mol. The quantitative estimate of drug-likeness (QED) is 0.682. The van der Waals surface area contributed by atoms with Crippen molar-refractivity contribution < 1.29 is 0 Å². The minimum atomic E-state index is 0.766. The fourth-order valence-electron chi connectivity index (χ4n) is 2.57. The first kappa shape index (κ1) is 9.25. The number of nitrogens with zero attached hydrogens (tertiary/aromatic N) is 1. The zero-order chi connectivity index (χ0) is 9.26. The van der Waals surface area contributed by atoms with Gasteiger partial charge in [-0.05, 0) is 44.3 Å². The van der Waals surface area contributed by atoms with Crippen LogP contribution in [0.2, 0.25) is 0 Å². The van der Waals surface area contributed by atoms with Crippen molar-refractivity contribution in [3.05, 3.63) is 0 Å². The smallest absolute Gasteiger partial charge is 0.169 e. The largest absolute Gasteiger partial charge is 0.363 e. The molecule has 0 unspecified atom stereocenters. The molecule has 2 heterocycles. The second-order valence-corrected chi connectivity index (χ2v) is 4.49. The van der Waals surface area contributed by atoms with E-state index < -0.39 is 0 Å². The molecule has 0 aromatic heterocycles. The van der Waals surface area contributed by atoms with Crippen molar-refractivity contribution in [1.82, 2.24) is 10.2 Å². The van der Waals surface area contributed by atoms with Gasteiger partial charge in [-0.1, -0.05) is 6.92 Å². The summed E-state index contributed by atoms with van der Waals surface area (Å²) in [6, 6.07) is 1.53. The van der Waals surface area contributed by atoms with Crippen LogP contribution < -0.4 is 5.32 Å². The molecule has 2 bridgehead atoms. The summed E-state index contributed by atoms with van der Waals surface area (Å²) < 4.78 is 0. The number of nitrogens with one attached hydrogen (secondary N) is 1. The Morgan fingerprint density at radius 3 is 2.31 bits per heavy atom. The topological polar surface area (TPSA) is 15.3 Å². The van der Waals surface area contributed by atoms with E-state index in [0.29, 0.717) is 0 Å². The molecule has 2 fully saturated rings. The molecule has 1 N–H and O–H groups in total. The zero-order valence-electron chi connectivity index (χ0n) is 8.25. The molecule has 2 saturated heterocycles. The van der Waals surface area contributed by atoms with Crippen molar-refractivity contribution >= 4 is 17.3 Å². The van der Waals surface area contributed by atoms with E-state index in [1.54, 1.807) is 0 Å². The number of thiocarbonyl (C=S) groups is 1. The monoisotopic (exact) mass is 198 g/mol. The Morgan fingerprint density at radius 1 is 1.31 bits per heavy atom. The van der Waals surface area contributed by atoms with Gasteiger partial charge in [0.1, 0.15) is 0 Å². The van der Waals surface area contributed by atoms with E-state index >= 15 is 0 Å². The number of rotatable bonds is 2. The van der Waals surface area contributed by atoms with Crippen molar-refractivity contribution in [2.75, 3.05) is 6.54 Å². The number of fused-ring (bicyclic) bond motifs is 2. The van der Waals surface area contributed by atoms with Crippen molar-refractivity contribution in [2.45, 2.75) is 51.1 Å². The normalized spacial score (nSPS) is 31.0. The van der Waals surface area contributed by atoms with Crippen molar-refractivity contribution in [2.24, 2.45) is 0 Å². The van der Waals surface area contributed by atoms with E-state index in [2.05, 4.69) is 17.1 Å². The third-order valence-corrected chi connectivity index (χ3v) is 3.57. The fourth-order valence-corrected chi connectivity index (χ4v) is 2.97. The molecular weight excluding hydrogens is 180 g/mol. The van der Waals surface area contributed by atoms with Crippen LogP contribution in [0.15, 0.2) is 0 Å². The lowest BCUT2D eigenvalue weighted by Crippen LogP contribution is -2.42. The molecule has 0 spiro atoms. The third kappa shape index (κ3) is 1.66. The van der Waals surface area contributed by atoms with E-state index in [-0.39, 0.29) is 0 Å². The molecular formula is C10H18N2S. The fraction of sp³-hybridized carbons (Fsp3) is 0.900. The summed E-state index contributed by atoms with van der Waals surface area (Å²) in [7, 11) is 0. The highest BCUT2D eigenvalue weighted by Crippen LogP contribution is 2.37. The van der Waals surface area contributed by atoms with Gasteiger partial charge in [0, 0.05) is 18.6 Å². The van der Waals surface area contributed by atoms with Gasteiger partial charge in [0.15, 0.2) is 5.11 Å². The SMILES string of the molecule is CCCNC(=S)N1C2CCC1CC2. The number of hydrogen-bond donors (Lipinski definition) is 1. The highest BCUT2D eigenvalue weighted by molar-refractivity contribution is 7.80. The van der Waals surface area contributed by atoms with Gasteiger partial charge in [0.2, 0.25) is 0 Å². The van der Waals surface area contributed by atoms with Gasteiger partial charge in [0.25, 0.3) is 0 Å². The molecule has 0 aromatic rings. The van der Waals surface area contributed by atoms with Crippen LogP contribution in [-0.4, -0.2) is 28.6 Å². The van der Waals surface area contributed by atoms with E-state index in [1.807, 2.05) is 0 Å². The molecule has 2 aliphatic rings. The van der Waals surface area contributed by atoms with Crippen LogP contribution in [-0.2, 0) is 0 Å². The second kappa shape index (κ2) is 3.82. The lowest BCUT2D eigenvalue weighted by molar-refractivity contribution is 0.393. The third-order valence-electron chi connectivity index (χ3n) is 3.21. The lowest BCUT2D eigenvalue weighted by atomic mass is 10.0. The first-order valence-electron chi connectivity index (χ1n) is 5.39. The Kier molecular flexibility index (Phi) is 2.72. The molecule has 2 rings (SSSR count). The van der Waals surface area contributed by atoms with E-state index in [0.717, 1.165) is 30.2 Å². The summed E-state index contributed by atoms with van der Waals surface area (Å²) in [6.07, 6.45) is 6.60. The first-order chi connectivity index (χ1) is 6.33. The Hall–Kier alpha value is -0.310.